The smallest absolute Gasteiger partial charge is 0.115 e. The Morgan fingerprint density at radius 1 is 1.35 bits per heavy atom. The van der Waals surface area contributed by atoms with Crippen LogP contribution in [-0.4, -0.2) is 5.11 Å². The van der Waals surface area contributed by atoms with Crippen LogP contribution < -0.4 is 0 Å². The topological polar surface area (TPSA) is 20.2 Å². The van der Waals surface area contributed by atoms with E-state index in [1.807, 2.05) is 32.0 Å². The van der Waals surface area contributed by atoms with Crippen LogP contribution in [0.2, 0.25) is 5.02 Å². The second-order valence-electron chi connectivity index (χ2n) is 3.95. The molecular weight excluding hydrogens is 320 g/mol. The molecule has 0 saturated carbocycles. The van der Waals surface area contributed by atoms with Gasteiger partial charge in [-0.1, -0.05) is 23.7 Å². The Balaban J connectivity index is 2.47. The van der Waals surface area contributed by atoms with Crippen LogP contribution in [0.25, 0.3) is 0 Å². The molecule has 0 spiro atoms. The van der Waals surface area contributed by atoms with Gasteiger partial charge in [-0.05, 0) is 47.5 Å². The van der Waals surface area contributed by atoms with E-state index >= 15 is 0 Å². The standard InChI is InChI=1S/C13H12BrClOS/c1-7-6-8(2)17-13(7)12(16)9-4-3-5-10(14)11(9)15/h3-6,12,16H,1-2H3. The van der Waals surface area contributed by atoms with Crippen molar-refractivity contribution in [3.05, 3.63) is 54.6 Å². The highest BCUT2D eigenvalue weighted by Gasteiger charge is 2.19. The van der Waals surface area contributed by atoms with Crippen molar-refractivity contribution in [3.8, 4) is 0 Å². The minimum absolute atomic E-state index is 0.574. The summed E-state index contributed by atoms with van der Waals surface area (Å²) in [4.78, 5) is 2.16. The fourth-order valence-corrected chi connectivity index (χ4v) is 3.46. The SMILES string of the molecule is Cc1cc(C)c(C(O)c2cccc(Br)c2Cl)s1. The van der Waals surface area contributed by atoms with Crippen LogP contribution in [0.5, 0.6) is 0 Å². The largest absolute Gasteiger partial charge is 0.383 e. The number of halogens is 2. The summed E-state index contributed by atoms with van der Waals surface area (Å²) in [7, 11) is 0. The van der Waals surface area contributed by atoms with Gasteiger partial charge < -0.3 is 5.11 Å². The number of hydrogen-bond donors (Lipinski definition) is 1. The number of rotatable bonds is 2. The van der Waals surface area contributed by atoms with Crippen molar-refractivity contribution in [2.45, 2.75) is 20.0 Å². The molecule has 1 aromatic heterocycles. The fraction of sp³-hybridized carbons (Fsp3) is 0.231. The van der Waals surface area contributed by atoms with Crippen molar-refractivity contribution >= 4 is 38.9 Å². The average Bonchev–Trinajstić information content (AvgIpc) is 2.61. The van der Waals surface area contributed by atoms with Gasteiger partial charge in [0.05, 0.1) is 5.02 Å². The summed E-state index contributed by atoms with van der Waals surface area (Å²) >= 11 is 11.2. The van der Waals surface area contributed by atoms with Gasteiger partial charge in [-0.2, -0.15) is 0 Å². The molecule has 4 heteroatoms. The van der Waals surface area contributed by atoms with E-state index in [9.17, 15) is 5.11 Å². The van der Waals surface area contributed by atoms with Crippen molar-refractivity contribution in [2.24, 2.45) is 0 Å². The van der Waals surface area contributed by atoms with Gasteiger partial charge >= 0.3 is 0 Å². The number of hydrogen-bond acceptors (Lipinski definition) is 2. The highest BCUT2D eigenvalue weighted by atomic mass is 79.9. The lowest BCUT2D eigenvalue weighted by Crippen LogP contribution is -1.99. The van der Waals surface area contributed by atoms with Crippen LogP contribution >= 0.6 is 38.9 Å². The van der Waals surface area contributed by atoms with Gasteiger partial charge in [0.15, 0.2) is 0 Å². The fourth-order valence-electron chi connectivity index (χ4n) is 1.80. The van der Waals surface area contributed by atoms with Crippen molar-refractivity contribution in [3.63, 3.8) is 0 Å². The third kappa shape index (κ3) is 2.58. The maximum atomic E-state index is 10.4. The molecule has 0 fully saturated rings. The molecule has 0 bridgehead atoms. The Labute approximate surface area is 118 Å². The van der Waals surface area contributed by atoms with Crippen molar-refractivity contribution < 1.29 is 5.11 Å². The van der Waals surface area contributed by atoms with E-state index in [2.05, 4.69) is 22.0 Å². The Morgan fingerprint density at radius 3 is 2.65 bits per heavy atom. The summed E-state index contributed by atoms with van der Waals surface area (Å²) in [6, 6.07) is 7.68. The zero-order valence-corrected chi connectivity index (χ0v) is 12.7. The summed E-state index contributed by atoms with van der Waals surface area (Å²) in [5, 5.41) is 11.0. The molecule has 0 amide bonds. The first-order valence-electron chi connectivity index (χ1n) is 5.19. The van der Waals surface area contributed by atoms with Crippen LogP contribution in [-0.2, 0) is 0 Å². The Morgan fingerprint density at radius 2 is 2.06 bits per heavy atom. The van der Waals surface area contributed by atoms with Gasteiger partial charge in [-0.3, -0.25) is 0 Å². The highest BCUT2D eigenvalue weighted by molar-refractivity contribution is 9.10. The van der Waals surface area contributed by atoms with Crippen molar-refractivity contribution in [1.29, 1.82) is 0 Å². The molecule has 2 rings (SSSR count). The third-order valence-electron chi connectivity index (χ3n) is 2.60. The van der Waals surface area contributed by atoms with Gasteiger partial charge in [-0.25, -0.2) is 0 Å². The van der Waals surface area contributed by atoms with Crippen LogP contribution in [0.3, 0.4) is 0 Å². The Hall–Kier alpha value is -0.350. The second kappa shape index (κ2) is 5.11. The van der Waals surface area contributed by atoms with Gasteiger partial charge in [0.2, 0.25) is 0 Å². The molecule has 1 unspecified atom stereocenters. The number of thiophene rings is 1. The summed E-state index contributed by atoms with van der Waals surface area (Å²) in [5.41, 5.74) is 1.85. The molecule has 90 valence electrons. The van der Waals surface area contributed by atoms with Crippen molar-refractivity contribution in [1.82, 2.24) is 0 Å². The second-order valence-corrected chi connectivity index (χ2v) is 6.47. The first-order chi connectivity index (χ1) is 8.00. The van der Waals surface area contributed by atoms with Gasteiger partial charge in [0.25, 0.3) is 0 Å². The first-order valence-corrected chi connectivity index (χ1v) is 7.18. The third-order valence-corrected chi connectivity index (χ3v) is 5.12. The monoisotopic (exact) mass is 330 g/mol. The zero-order valence-electron chi connectivity index (χ0n) is 9.50. The predicted octanol–water partition coefficient (Wildman–Crippen LogP) is 4.86. The van der Waals surface area contributed by atoms with E-state index in [4.69, 9.17) is 11.6 Å². The lowest BCUT2D eigenvalue weighted by Gasteiger charge is -2.13. The summed E-state index contributed by atoms with van der Waals surface area (Å²) in [5.74, 6) is 0. The molecule has 0 radical (unpaired) electrons. The van der Waals surface area contributed by atoms with Gasteiger partial charge in [-0.15, -0.1) is 11.3 Å². The molecule has 1 atom stereocenters. The van der Waals surface area contributed by atoms with Crippen LogP contribution in [0.15, 0.2) is 28.7 Å². The van der Waals surface area contributed by atoms with Crippen LogP contribution in [0.1, 0.15) is 27.0 Å². The molecule has 0 aliphatic carbocycles. The molecule has 17 heavy (non-hydrogen) atoms. The lowest BCUT2D eigenvalue weighted by atomic mass is 10.1. The number of aryl methyl sites for hydroxylation is 2. The van der Waals surface area contributed by atoms with Crippen LogP contribution in [0.4, 0.5) is 0 Å². The van der Waals surface area contributed by atoms with E-state index < -0.39 is 6.10 Å². The van der Waals surface area contributed by atoms with Crippen LogP contribution in [0, 0.1) is 13.8 Å². The molecule has 0 aliphatic heterocycles. The van der Waals surface area contributed by atoms with E-state index in [1.54, 1.807) is 11.3 Å². The molecule has 0 saturated heterocycles. The molecule has 1 N–H and O–H groups in total. The Kier molecular flexibility index (Phi) is 3.93. The molecular formula is C13H12BrClOS. The quantitative estimate of drug-likeness (QED) is 0.833. The predicted molar refractivity (Wildman–Crippen MR) is 77.0 cm³/mol. The Bertz CT molecular complexity index is 550. The van der Waals surface area contributed by atoms with E-state index in [1.165, 1.54) is 4.88 Å². The minimum atomic E-state index is -0.654. The minimum Gasteiger partial charge on any atom is -0.383 e. The van der Waals surface area contributed by atoms with E-state index in [-0.39, 0.29) is 0 Å². The molecule has 1 heterocycles. The maximum absolute atomic E-state index is 10.4. The van der Waals surface area contributed by atoms with Gasteiger partial charge in [0, 0.05) is 19.8 Å². The van der Waals surface area contributed by atoms with Gasteiger partial charge in [0.1, 0.15) is 6.10 Å². The van der Waals surface area contributed by atoms with E-state index in [0.29, 0.717) is 5.02 Å². The number of benzene rings is 1. The molecule has 1 nitrogen and oxygen atoms in total. The maximum Gasteiger partial charge on any atom is 0.115 e. The van der Waals surface area contributed by atoms with E-state index in [0.717, 1.165) is 20.5 Å². The highest BCUT2D eigenvalue weighted by Crippen LogP contribution is 2.37. The number of aliphatic hydroxyl groups excluding tert-OH is 1. The molecule has 2 aromatic rings. The molecule has 1 aromatic carbocycles. The summed E-state index contributed by atoms with van der Waals surface area (Å²) in [6.45, 7) is 4.05. The first kappa shape index (κ1) is 13.1. The summed E-state index contributed by atoms with van der Waals surface area (Å²) < 4.78 is 0.807. The lowest BCUT2D eigenvalue weighted by molar-refractivity contribution is 0.223. The van der Waals surface area contributed by atoms with Crippen molar-refractivity contribution in [2.75, 3.05) is 0 Å². The summed E-state index contributed by atoms with van der Waals surface area (Å²) in [6.07, 6.45) is -0.654. The average molecular weight is 332 g/mol. The number of aliphatic hydroxyl groups is 1. The zero-order chi connectivity index (χ0) is 12.6. The normalized spacial score (nSPS) is 12.8. The molecule has 0 aliphatic rings.